The van der Waals surface area contributed by atoms with Gasteiger partial charge in [0.2, 0.25) is 0 Å². The monoisotopic (exact) mass is 223 g/mol. The molecule has 2 aliphatic carbocycles. The molecule has 0 saturated heterocycles. The molecule has 0 spiro atoms. The largest absolute Gasteiger partial charge is 0.550 e. The van der Waals surface area contributed by atoms with E-state index >= 15 is 0 Å². The molecule has 0 radical (unpaired) electrons. The number of fused-ring (bicyclic) bond motifs is 2. The van der Waals surface area contributed by atoms with Crippen LogP contribution in [0.1, 0.15) is 40.0 Å². The fourth-order valence-electron chi connectivity index (χ4n) is 3.61. The Hall–Kier alpha value is -0.830. The molecule has 1 N–H and O–H groups in total. The standard InChI is InChI=1S/C13H20O3/c1-12(2)9-6-7-13(12,3)11(16)8(9)4-5-10(14)15/h4,9,11,16H,5-7H2,1-3H3,(H,14,15)/p-1/t9-,11-,13-/m1/s1. The number of aliphatic hydroxyl groups excluding tert-OH is 1. The SMILES string of the molecule is CC1(C)[C@@H]2CC[C@]1(C)[C@H](O)C2=CCC(=O)[O-]. The maximum atomic E-state index is 10.5. The van der Waals surface area contributed by atoms with E-state index < -0.39 is 12.1 Å². The molecule has 2 saturated carbocycles. The Morgan fingerprint density at radius 2 is 2.19 bits per heavy atom. The third-order valence-corrected chi connectivity index (χ3v) is 5.12. The van der Waals surface area contributed by atoms with Crippen LogP contribution in [-0.2, 0) is 4.79 Å². The maximum absolute atomic E-state index is 10.5. The number of carboxylic acid groups (broad SMARTS) is 1. The van der Waals surface area contributed by atoms with E-state index in [2.05, 4.69) is 20.8 Å². The number of carbonyl (C=O) groups excluding carboxylic acids is 1. The second-order valence-corrected chi connectivity index (χ2v) is 5.91. The van der Waals surface area contributed by atoms with Gasteiger partial charge in [-0.2, -0.15) is 0 Å². The summed E-state index contributed by atoms with van der Waals surface area (Å²) in [5.74, 6) is -0.753. The quantitative estimate of drug-likeness (QED) is 0.707. The molecule has 2 bridgehead atoms. The van der Waals surface area contributed by atoms with E-state index in [1.807, 2.05) is 0 Å². The van der Waals surface area contributed by atoms with Crippen LogP contribution in [0.15, 0.2) is 11.6 Å². The van der Waals surface area contributed by atoms with E-state index in [1.54, 1.807) is 6.08 Å². The van der Waals surface area contributed by atoms with Gasteiger partial charge in [0.05, 0.1) is 6.10 Å². The summed E-state index contributed by atoms with van der Waals surface area (Å²) < 4.78 is 0. The van der Waals surface area contributed by atoms with Crippen LogP contribution in [0, 0.1) is 16.7 Å². The molecule has 0 aliphatic heterocycles. The topological polar surface area (TPSA) is 60.4 Å². The lowest BCUT2D eigenvalue weighted by molar-refractivity contribution is -0.304. The van der Waals surface area contributed by atoms with Crippen molar-refractivity contribution in [3.8, 4) is 0 Å². The van der Waals surface area contributed by atoms with Crippen molar-refractivity contribution in [2.24, 2.45) is 16.7 Å². The van der Waals surface area contributed by atoms with Crippen molar-refractivity contribution in [2.45, 2.75) is 46.1 Å². The van der Waals surface area contributed by atoms with Crippen LogP contribution >= 0.6 is 0 Å². The first-order valence-corrected chi connectivity index (χ1v) is 5.88. The Labute approximate surface area is 96.2 Å². The highest BCUT2D eigenvalue weighted by molar-refractivity contribution is 5.66. The van der Waals surface area contributed by atoms with Crippen molar-refractivity contribution < 1.29 is 15.0 Å². The van der Waals surface area contributed by atoms with Crippen molar-refractivity contribution in [1.29, 1.82) is 0 Å². The first-order valence-electron chi connectivity index (χ1n) is 5.88. The molecule has 0 unspecified atom stereocenters. The summed E-state index contributed by atoms with van der Waals surface area (Å²) >= 11 is 0. The predicted octanol–water partition coefficient (Wildman–Crippen LogP) is 0.870. The Morgan fingerprint density at radius 3 is 2.62 bits per heavy atom. The smallest absolute Gasteiger partial charge is 0.0811 e. The summed E-state index contributed by atoms with van der Waals surface area (Å²) in [4.78, 5) is 10.5. The van der Waals surface area contributed by atoms with E-state index in [0.717, 1.165) is 18.4 Å². The average molecular weight is 223 g/mol. The highest BCUT2D eigenvalue weighted by Gasteiger charge is 2.63. The zero-order valence-corrected chi connectivity index (χ0v) is 10.1. The summed E-state index contributed by atoms with van der Waals surface area (Å²) in [5, 5.41) is 20.8. The number of hydrogen-bond donors (Lipinski definition) is 1. The van der Waals surface area contributed by atoms with Crippen LogP contribution in [0.25, 0.3) is 0 Å². The third-order valence-electron chi connectivity index (χ3n) is 5.12. The molecule has 0 aromatic rings. The molecule has 3 nitrogen and oxygen atoms in total. The van der Waals surface area contributed by atoms with Gasteiger partial charge in [0.15, 0.2) is 0 Å². The number of carboxylic acids is 1. The Balaban J connectivity index is 2.33. The van der Waals surface area contributed by atoms with Crippen LogP contribution in [0.4, 0.5) is 0 Å². The molecule has 0 aromatic carbocycles. The second-order valence-electron chi connectivity index (χ2n) is 5.91. The van der Waals surface area contributed by atoms with Crippen LogP contribution in [-0.4, -0.2) is 17.2 Å². The van der Waals surface area contributed by atoms with E-state index in [4.69, 9.17) is 0 Å². The minimum absolute atomic E-state index is 0.0597. The minimum Gasteiger partial charge on any atom is -0.550 e. The number of carbonyl (C=O) groups is 1. The lowest BCUT2D eigenvalue weighted by atomic mass is 9.70. The molecule has 2 rings (SSSR count). The van der Waals surface area contributed by atoms with Crippen LogP contribution in [0.2, 0.25) is 0 Å². The van der Waals surface area contributed by atoms with Crippen molar-refractivity contribution in [3.05, 3.63) is 11.6 Å². The van der Waals surface area contributed by atoms with Gasteiger partial charge in [0, 0.05) is 17.8 Å². The van der Waals surface area contributed by atoms with Gasteiger partial charge < -0.3 is 15.0 Å². The number of rotatable bonds is 2. The van der Waals surface area contributed by atoms with Crippen molar-refractivity contribution in [3.63, 3.8) is 0 Å². The van der Waals surface area contributed by atoms with Gasteiger partial charge in [-0.3, -0.25) is 0 Å². The fraction of sp³-hybridized carbons (Fsp3) is 0.769. The Bertz CT molecular complexity index is 356. The highest BCUT2D eigenvalue weighted by Crippen LogP contribution is 2.67. The number of aliphatic carboxylic acids is 1. The summed E-state index contributed by atoms with van der Waals surface area (Å²) in [7, 11) is 0. The number of hydrogen-bond acceptors (Lipinski definition) is 3. The van der Waals surface area contributed by atoms with Gasteiger partial charge in [-0.25, -0.2) is 0 Å². The van der Waals surface area contributed by atoms with Gasteiger partial charge in [0.25, 0.3) is 0 Å². The Kier molecular flexibility index (Phi) is 2.42. The van der Waals surface area contributed by atoms with Crippen molar-refractivity contribution in [2.75, 3.05) is 0 Å². The van der Waals surface area contributed by atoms with Crippen molar-refractivity contribution in [1.82, 2.24) is 0 Å². The lowest BCUT2D eigenvalue weighted by Crippen LogP contribution is -2.35. The molecule has 3 heteroatoms. The van der Waals surface area contributed by atoms with Crippen molar-refractivity contribution >= 4 is 5.97 Å². The molecule has 2 fully saturated rings. The number of aliphatic hydroxyl groups is 1. The fourth-order valence-corrected chi connectivity index (χ4v) is 3.61. The first-order chi connectivity index (χ1) is 7.30. The highest BCUT2D eigenvalue weighted by atomic mass is 16.4. The normalized spacial score (nSPS) is 42.9. The van der Waals surface area contributed by atoms with Gasteiger partial charge >= 0.3 is 0 Å². The molecule has 3 atom stereocenters. The third kappa shape index (κ3) is 1.27. The van der Waals surface area contributed by atoms with Crippen LogP contribution in [0.5, 0.6) is 0 Å². The molecule has 16 heavy (non-hydrogen) atoms. The van der Waals surface area contributed by atoms with E-state index in [9.17, 15) is 15.0 Å². The minimum atomic E-state index is -1.08. The predicted molar refractivity (Wildman–Crippen MR) is 58.3 cm³/mol. The molecule has 90 valence electrons. The van der Waals surface area contributed by atoms with Gasteiger partial charge in [0.1, 0.15) is 0 Å². The first kappa shape index (κ1) is 11.6. The molecular weight excluding hydrogens is 204 g/mol. The summed E-state index contributed by atoms with van der Waals surface area (Å²) in [5.41, 5.74) is 0.877. The molecule has 0 aromatic heterocycles. The lowest BCUT2D eigenvalue weighted by Gasteiger charge is -2.36. The molecule has 0 amide bonds. The zero-order chi connectivity index (χ0) is 12.1. The van der Waals surface area contributed by atoms with Crippen LogP contribution < -0.4 is 5.11 Å². The van der Waals surface area contributed by atoms with Gasteiger partial charge in [-0.05, 0) is 29.7 Å². The molecule has 0 heterocycles. The second kappa shape index (κ2) is 3.33. The summed E-state index contributed by atoms with van der Waals surface area (Å²) in [6.45, 7) is 6.46. The summed E-state index contributed by atoms with van der Waals surface area (Å²) in [6, 6.07) is 0. The average Bonchev–Trinajstić information content (AvgIpc) is 2.47. The van der Waals surface area contributed by atoms with Gasteiger partial charge in [-0.15, -0.1) is 0 Å². The summed E-state index contributed by atoms with van der Waals surface area (Å²) in [6.07, 6.45) is 3.17. The van der Waals surface area contributed by atoms with E-state index in [1.165, 1.54) is 0 Å². The van der Waals surface area contributed by atoms with E-state index in [0.29, 0.717) is 5.92 Å². The van der Waals surface area contributed by atoms with Gasteiger partial charge in [-0.1, -0.05) is 26.8 Å². The van der Waals surface area contributed by atoms with E-state index in [-0.39, 0.29) is 17.3 Å². The maximum Gasteiger partial charge on any atom is 0.0811 e. The zero-order valence-electron chi connectivity index (χ0n) is 10.1. The molecular formula is C13H19O3-. The molecule has 2 aliphatic rings. The Morgan fingerprint density at radius 1 is 1.56 bits per heavy atom. The van der Waals surface area contributed by atoms with Crippen LogP contribution in [0.3, 0.4) is 0 Å².